The van der Waals surface area contributed by atoms with Gasteiger partial charge in [0.1, 0.15) is 0 Å². The molecule has 0 aliphatic rings. The van der Waals surface area contributed by atoms with Gasteiger partial charge in [0.15, 0.2) is 0 Å². The van der Waals surface area contributed by atoms with E-state index in [4.69, 9.17) is 5.73 Å². The highest BCUT2D eigenvalue weighted by Gasteiger charge is 2.31. The van der Waals surface area contributed by atoms with E-state index < -0.39 is 23.6 Å². The zero-order valence-corrected chi connectivity index (χ0v) is 11.2. The van der Waals surface area contributed by atoms with Gasteiger partial charge in [0.05, 0.1) is 15.8 Å². The lowest BCUT2D eigenvalue weighted by molar-refractivity contribution is -0.385. The van der Waals surface area contributed by atoms with Crippen LogP contribution >= 0.6 is 28.3 Å². The van der Waals surface area contributed by atoms with Gasteiger partial charge < -0.3 is 5.73 Å². The molecular weight excluding hydrogens is 340 g/mol. The Morgan fingerprint density at radius 2 is 2.00 bits per heavy atom. The second-order valence-electron chi connectivity index (χ2n) is 3.39. The highest BCUT2D eigenvalue weighted by molar-refractivity contribution is 9.10. The fourth-order valence-electron chi connectivity index (χ4n) is 1.27. The molecule has 18 heavy (non-hydrogen) atoms. The van der Waals surface area contributed by atoms with Gasteiger partial charge in [-0.3, -0.25) is 10.1 Å². The van der Waals surface area contributed by atoms with Crippen molar-refractivity contribution >= 4 is 34.0 Å². The Hall–Kier alpha value is -0.860. The van der Waals surface area contributed by atoms with Crippen molar-refractivity contribution in [3.8, 4) is 0 Å². The van der Waals surface area contributed by atoms with Gasteiger partial charge in [0.2, 0.25) is 0 Å². The summed E-state index contributed by atoms with van der Waals surface area (Å²) in [5.41, 5.74) is 5.12. The van der Waals surface area contributed by atoms with E-state index in [0.29, 0.717) is 0 Å². The molecule has 1 rings (SSSR count). The van der Waals surface area contributed by atoms with E-state index >= 15 is 0 Å². The average molecular weight is 350 g/mol. The zero-order valence-electron chi connectivity index (χ0n) is 8.78. The molecule has 0 saturated heterocycles. The normalized spacial score (nSPS) is 12.7. The summed E-state index contributed by atoms with van der Waals surface area (Å²) in [6.07, 6.45) is -5.62. The second-order valence-corrected chi connectivity index (χ2v) is 4.25. The summed E-state index contributed by atoms with van der Waals surface area (Å²) >= 11 is 2.94. The molecule has 2 N–H and O–H groups in total. The van der Waals surface area contributed by atoms with Gasteiger partial charge in [-0.25, -0.2) is 0 Å². The van der Waals surface area contributed by atoms with Crippen LogP contribution in [0.5, 0.6) is 0 Å². The van der Waals surface area contributed by atoms with Crippen LogP contribution in [0.1, 0.15) is 18.0 Å². The van der Waals surface area contributed by atoms with Crippen LogP contribution in [-0.2, 0) is 0 Å². The number of halogens is 5. The molecule has 0 bridgehead atoms. The Bertz CT molecular complexity index is 442. The van der Waals surface area contributed by atoms with Crippen molar-refractivity contribution < 1.29 is 18.1 Å². The SMILES string of the molecule is Cl.N[C@H](CC(F)(F)F)c1ccc(Br)c([N+](=O)[O-])c1. The Morgan fingerprint density at radius 1 is 1.44 bits per heavy atom. The molecule has 1 atom stereocenters. The molecule has 1 aromatic rings. The summed E-state index contributed by atoms with van der Waals surface area (Å²) in [7, 11) is 0. The Labute approximate surface area is 115 Å². The number of nitro groups is 1. The molecule has 0 unspecified atom stereocenters. The topological polar surface area (TPSA) is 69.2 Å². The van der Waals surface area contributed by atoms with Gasteiger partial charge in [0, 0.05) is 12.1 Å². The van der Waals surface area contributed by atoms with Crippen LogP contribution in [-0.4, -0.2) is 11.1 Å². The molecule has 4 nitrogen and oxygen atoms in total. The summed E-state index contributed by atoms with van der Waals surface area (Å²) in [6.45, 7) is 0. The van der Waals surface area contributed by atoms with Gasteiger partial charge in [-0.1, -0.05) is 6.07 Å². The first-order chi connectivity index (χ1) is 7.70. The van der Waals surface area contributed by atoms with Gasteiger partial charge in [-0.15, -0.1) is 12.4 Å². The third-order valence-corrected chi connectivity index (χ3v) is 2.72. The van der Waals surface area contributed by atoms with E-state index in [2.05, 4.69) is 15.9 Å². The summed E-state index contributed by atoms with van der Waals surface area (Å²) < 4.78 is 36.5. The number of benzene rings is 1. The Morgan fingerprint density at radius 3 is 2.44 bits per heavy atom. The van der Waals surface area contributed by atoms with Crippen molar-refractivity contribution in [3.63, 3.8) is 0 Å². The van der Waals surface area contributed by atoms with Crippen LogP contribution in [0, 0.1) is 10.1 Å². The largest absolute Gasteiger partial charge is 0.390 e. The molecule has 0 fully saturated rings. The molecule has 102 valence electrons. The van der Waals surface area contributed by atoms with E-state index in [9.17, 15) is 23.3 Å². The smallest absolute Gasteiger partial charge is 0.324 e. The van der Waals surface area contributed by atoms with Crippen LogP contribution in [0.2, 0.25) is 0 Å². The van der Waals surface area contributed by atoms with Gasteiger partial charge in [-0.05, 0) is 27.6 Å². The highest BCUT2D eigenvalue weighted by atomic mass is 79.9. The number of hydrogen-bond acceptors (Lipinski definition) is 3. The van der Waals surface area contributed by atoms with Gasteiger partial charge in [-0.2, -0.15) is 13.2 Å². The second kappa shape index (κ2) is 6.35. The first-order valence-corrected chi connectivity index (χ1v) is 5.26. The lowest BCUT2D eigenvalue weighted by Gasteiger charge is -2.14. The third-order valence-electron chi connectivity index (χ3n) is 2.05. The average Bonchev–Trinajstić information content (AvgIpc) is 2.14. The maximum atomic E-state index is 12.1. The number of alkyl halides is 3. The minimum atomic E-state index is -4.40. The number of nitrogens with two attached hydrogens (primary N) is 1. The quantitative estimate of drug-likeness (QED) is 0.668. The fourth-order valence-corrected chi connectivity index (χ4v) is 1.66. The highest BCUT2D eigenvalue weighted by Crippen LogP contribution is 2.32. The van der Waals surface area contributed by atoms with E-state index in [0.717, 1.165) is 6.07 Å². The van der Waals surface area contributed by atoms with Crippen molar-refractivity contribution in [2.24, 2.45) is 5.73 Å². The van der Waals surface area contributed by atoms with Crippen LogP contribution in [0.3, 0.4) is 0 Å². The summed E-state index contributed by atoms with van der Waals surface area (Å²) in [4.78, 5) is 9.91. The predicted molar refractivity (Wildman–Crippen MR) is 65.6 cm³/mol. The molecule has 0 aliphatic heterocycles. The minimum Gasteiger partial charge on any atom is -0.324 e. The Kier molecular flexibility index (Phi) is 6.05. The van der Waals surface area contributed by atoms with Crippen molar-refractivity contribution in [2.45, 2.75) is 18.6 Å². The molecule has 0 aromatic heterocycles. The van der Waals surface area contributed by atoms with Crippen molar-refractivity contribution in [1.82, 2.24) is 0 Å². The summed E-state index contributed by atoms with van der Waals surface area (Å²) in [6, 6.07) is 2.37. The van der Waals surface area contributed by atoms with E-state index in [1.54, 1.807) is 0 Å². The van der Waals surface area contributed by atoms with Crippen LogP contribution < -0.4 is 5.73 Å². The molecule has 0 amide bonds. The van der Waals surface area contributed by atoms with Crippen molar-refractivity contribution in [1.29, 1.82) is 0 Å². The van der Waals surface area contributed by atoms with E-state index in [1.165, 1.54) is 12.1 Å². The molecule has 0 aliphatic carbocycles. The number of nitrogens with zero attached hydrogens (tertiary/aromatic N) is 1. The third kappa shape index (κ3) is 4.79. The molecule has 1 aromatic carbocycles. The van der Waals surface area contributed by atoms with Crippen LogP contribution in [0.15, 0.2) is 22.7 Å². The van der Waals surface area contributed by atoms with Crippen molar-refractivity contribution in [2.75, 3.05) is 0 Å². The lowest BCUT2D eigenvalue weighted by atomic mass is 10.0. The van der Waals surface area contributed by atoms with Crippen molar-refractivity contribution in [3.05, 3.63) is 38.3 Å². The molecule has 0 radical (unpaired) electrons. The molecule has 9 heteroatoms. The van der Waals surface area contributed by atoms with E-state index in [-0.39, 0.29) is 28.1 Å². The number of hydrogen-bond donors (Lipinski definition) is 1. The Balaban J connectivity index is 0.00000289. The maximum Gasteiger partial charge on any atom is 0.390 e. The lowest BCUT2D eigenvalue weighted by Crippen LogP contribution is -2.20. The monoisotopic (exact) mass is 348 g/mol. The van der Waals surface area contributed by atoms with Crippen LogP contribution in [0.25, 0.3) is 0 Å². The molecule has 0 saturated carbocycles. The predicted octanol–water partition coefficient (Wildman–Crippen LogP) is 3.73. The molecular formula is C9H9BrClF3N2O2. The van der Waals surface area contributed by atoms with Gasteiger partial charge in [0.25, 0.3) is 5.69 Å². The first kappa shape index (κ1) is 17.1. The molecule has 0 heterocycles. The number of nitro benzene ring substituents is 1. The van der Waals surface area contributed by atoms with E-state index in [1.807, 2.05) is 0 Å². The summed E-state index contributed by atoms with van der Waals surface area (Å²) in [5.74, 6) is 0. The molecule has 0 spiro atoms. The summed E-state index contributed by atoms with van der Waals surface area (Å²) in [5, 5.41) is 10.6. The number of rotatable bonds is 3. The van der Waals surface area contributed by atoms with Crippen LogP contribution in [0.4, 0.5) is 18.9 Å². The minimum absolute atomic E-state index is 0. The van der Waals surface area contributed by atoms with Gasteiger partial charge >= 0.3 is 6.18 Å². The maximum absolute atomic E-state index is 12.1. The first-order valence-electron chi connectivity index (χ1n) is 4.47. The zero-order chi connectivity index (χ0) is 13.2. The standard InChI is InChI=1S/C9H8BrF3N2O2.ClH/c10-6-2-1-5(3-8(6)15(16)17)7(14)4-9(11,12)13;/h1-3,7H,4,14H2;1H/t7-;/m1./s1. The fraction of sp³-hybridized carbons (Fsp3) is 0.333.